The molecule has 2 heterocycles. The molecule has 0 fully saturated rings. The van der Waals surface area contributed by atoms with Crippen LogP contribution in [0.25, 0.3) is 17.0 Å². The molecule has 0 aliphatic heterocycles. The standard InChI is InChI=1S/C11H7F2N5/c12-7-3-6(9(14)4-8(7)13)11-17-16-10-1-2-15-5-18(10)11/h1-5H,14H2. The average molecular weight is 247 g/mol. The molecule has 0 atom stereocenters. The van der Waals surface area contributed by atoms with Gasteiger partial charge in [-0.25, -0.2) is 13.8 Å². The summed E-state index contributed by atoms with van der Waals surface area (Å²) in [4.78, 5) is 3.92. The molecule has 0 aliphatic rings. The van der Waals surface area contributed by atoms with Gasteiger partial charge in [0.05, 0.1) is 0 Å². The summed E-state index contributed by atoms with van der Waals surface area (Å²) in [5.41, 5.74) is 6.57. The van der Waals surface area contributed by atoms with E-state index in [-0.39, 0.29) is 11.3 Å². The van der Waals surface area contributed by atoms with E-state index in [0.717, 1.165) is 12.1 Å². The van der Waals surface area contributed by atoms with Crippen molar-refractivity contribution >= 4 is 11.3 Å². The number of nitrogens with zero attached hydrogens (tertiary/aromatic N) is 4. The van der Waals surface area contributed by atoms with Crippen molar-refractivity contribution in [2.75, 3.05) is 5.73 Å². The lowest BCUT2D eigenvalue weighted by Gasteiger charge is -2.04. The normalized spacial score (nSPS) is 11.0. The van der Waals surface area contributed by atoms with Gasteiger partial charge in [-0.1, -0.05) is 0 Å². The Morgan fingerprint density at radius 2 is 1.89 bits per heavy atom. The Bertz CT molecular complexity index is 737. The molecule has 0 radical (unpaired) electrons. The number of nitrogen functional groups attached to an aromatic ring is 1. The number of nitrogens with two attached hydrogens (primary N) is 1. The van der Waals surface area contributed by atoms with Gasteiger partial charge in [0.25, 0.3) is 0 Å². The minimum absolute atomic E-state index is 0.0899. The van der Waals surface area contributed by atoms with Crippen LogP contribution in [-0.4, -0.2) is 19.6 Å². The zero-order valence-corrected chi connectivity index (χ0v) is 9.01. The molecule has 3 rings (SSSR count). The second-order valence-corrected chi connectivity index (χ2v) is 3.69. The van der Waals surface area contributed by atoms with Crippen LogP contribution in [0.5, 0.6) is 0 Å². The summed E-state index contributed by atoms with van der Waals surface area (Å²) >= 11 is 0. The van der Waals surface area contributed by atoms with E-state index in [9.17, 15) is 8.78 Å². The van der Waals surface area contributed by atoms with Crippen molar-refractivity contribution < 1.29 is 8.78 Å². The van der Waals surface area contributed by atoms with Crippen molar-refractivity contribution in [1.29, 1.82) is 0 Å². The van der Waals surface area contributed by atoms with Gasteiger partial charge in [-0.05, 0) is 6.07 Å². The van der Waals surface area contributed by atoms with Crippen molar-refractivity contribution in [3.63, 3.8) is 0 Å². The highest BCUT2D eigenvalue weighted by molar-refractivity contribution is 5.73. The highest BCUT2D eigenvalue weighted by atomic mass is 19.2. The van der Waals surface area contributed by atoms with E-state index < -0.39 is 11.6 Å². The van der Waals surface area contributed by atoms with Crippen LogP contribution in [0.2, 0.25) is 0 Å². The van der Waals surface area contributed by atoms with Crippen LogP contribution >= 0.6 is 0 Å². The molecule has 3 aromatic rings. The Kier molecular flexibility index (Phi) is 2.19. The third-order valence-corrected chi connectivity index (χ3v) is 2.55. The van der Waals surface area contributed by atoms with Gasteiger partial charge >= 0.3 is 0 Å². The molecule has 7 heteroatoms. The predicted octanol–water partition coefficient (Wildman–Crippen LogP) is 1.65. The Morgan fingerprint density at radius 1 is 1.11 bits per heavy atom. The number of rotatable bonds is 1. The lowest BCUT2D eigenvalue weighted by molar-refractivity contribution is 0.509. The third kappa shape index (κ3) is 1.48. The fourth-order valence-corrected chi connectivity index (χ4v) is 1.69. The fraction of sp³-hybridized carbons (Fsp3) is 0. The van der Waals surface area contributed by atoms with E-state index in [1.165, 1.54) is 6.33 Å². The molecule has 18 heavy (non-hydrogen) atoms. The second kappa shape index (κ2) is 3.73. The largest absolute Gasteiger partial charge is 0.398 e. The average Bonchev–Trinajstić information content (AvgIpc) is 2.78. The topological polar surface area (TPSA) is 69.1 Å². The first-order valence-corrected chi connectivity index (χ1v) is 5.06. The van der Waals surface area contributed by atoms with E-state index in [0.29, 0.717) is 11.5 Å². The van der Waals surface area contributed by atoms with Crippen LogP contribution in [0.15, 0.2) is 30.7 Å². The summed E-state index contributed by atoms with van der Waals surface area (Å²) in [5.74, 6) is -1.67. The minimum Gasteiger partial charge on any atom is -0.398 e. The molecular formula is C11H7F2N5. The SMILES string of the molecule is Nc1cc(F)c(F)cc1-c1nnc2ccncn12. The number of anilines is 1. The van der Waals surface area contributed by atoms with E-state index in [4.69, 9.17) is 5.73 Å². The summed E-state index contributed by atoms with van der Waals surface area (Å²) in [6.07, 6.45) is 3.04. The lowest BCUT2D eigenvalue weighted by atomic mass is 10.1. The lowest BCUT2D eigenvalue weighted by Crippen LogP contribution is -1.98. The molecule has 0 unspecified atom stereocenters. The number of aromatic nitrogens is 4. The zero-order valence-electron chi connectivity index (χ0n) is 9.01. The van der Waals surface area contributed by atoms with Gasteiger partial charge in [0.2, 0.25) is 0 Å². The molecule has 0 bridgehead atoms. The Labute approximate surface area is 99.9 Å². The van der Waals surface area contributed by atoms with Crippen LogP contribution in [0.4, 0.5) is 14.5 Å². The molecule has 0 aliphatic carbocycles. The van der Waals surface area contributed by atoms with Crippen molar-refractivity contribution in [2.24, 2.45) is 0 Å². The van der Waals surface area contributed by atoms with E-state index in [1.54, 1.807) is 16.7 Å². The Balaban J connectivity index is 2.29. The monoisotopic (exact) mass is 247 g/mol. The Hall–Kier alpha value is -2.57. The van der Waals surface area contributed by atoms with E-state index in [2.05, 4.69) is 15.2 Å². The first-order valence-electron chi connectivity index (χ1n) is 5.06. The second-order valence-electron chi connectivity index (χ2n) is 3.69. The maximum Gasteiger partial charge on any atom is 0.171 e. The molecule has 0 saturated carbocycles. The van der Waals surface area contributed by atoms with Crippen LogP contribution in [0, 0.1) is 11.6 Å². The van der Waals surface area contributed by atoms with Gasteiger partial charge in [0.1, 0.15) is 6.33 Å². The van der Waals surface area contributed by atoms with Gasteiger partial charge < -0.3 is 5.73 Å². The molecule has 0 spiro atoms. The highest BCUT2D eigenvalue weighted by Gasteiger charge is 2.14. The third-order valence-electron chi connectivity index (χ3n) is 2.55. The predicted molar refractivity (Wildman–Crippen MR) is 60.5 cm³/mol. The van der Waals surface area contributed by atoms with Crippen molar-refractivity contribution in [1.82, 2.24) is 19.6 Å². The number of hydrogen-bond donors (Lipinski definition) is 1. The number of halogens is 2. The zero-order chi connectivity index (χ0) is 12.7. The van der Waals surface area contributed by atoms with E-state index in [1.807, 2.05) is 0 Å². The summed E-state index contributed by atoms with van der Waals surface area (Å²) in [6.45, 7) is 0. The number of hydrogen-bond acceptors (Lipinski definition) is 4. The summed E-state index contributed by atoms with van der Waals surface area (Å²) in [6, 6.07) is 3.56. The number of benzene rings is 1. The Morgan fingerprint density at radius 3 is 2.72 bits per heavy atom. The molecule has 1 aromatic carbocycles. The van der Waals surface area contributed by atoms with Crippen LogP contribution in [0.1, 0.15) is 0 Å². The maximum absolute atomic E-state index is 13.2. The number of fused-ring (bicyclic) bond motifs is 1. The molecule has 0 saturated heterocycles. The fourth-order valence-electron chi connectivity index (χ4n) is 1.69. The summed E-state index contributed by atoms with van der Waals surface area (Å²) in [7, 11) is 0. The van der Waals surface area contributed by atoms with Crippen LogP contribution in [-0.2, 0) is 0 Å². The van der Waals surface area contributed by atoms with Gasteiger partial charge in [-0.15, -0.1) is 10.2 Å². The molecule has 0 amide bonds. The summed E-state index contributed by atoms with van der Waals surface area (Å²) < 4.78 is 27.8. The molecule has 2 N–H and O–H groups in total. The van der Waals surface area contributed by atoms with Crippen molar-refractivity contribution in [2.45, 2.75) is 0 Å². The molecular weight excluding hydrogens is 240 g/mol. The molecule has 90 valence electrons. The minimum atomic E-state index is -0.997. The maximum atomic E-state index is 13.2. The van der Waals surface area contributed by atoms with E-state index >= 15 is 0 Å². The highest BCUT2D eigenvalue weighted by Crippen LogP contribution is 2.26. The smallest absolute Gasteiger partial charge is 0.171 e. The van der Waals surface area contributed by atoms with Crippen LogP contribution < -0.4 is 5.73 Å². The quantitative estimate of drug-likeness (QED) is 0.664. The van der Waals surface area contributed by atoms with Gasteiger partial charge in [0, 0.05) is 29.6 Å². The molecule has 2 aromatic heterocycles. The van der Waals surface area contributed by atoms with Crippen molar-refractivity contribution in [3.05, 3.63) is 42.4 Å². The summed E-state index contributed by atoms with van der Waals surface area (Å²) in [5, 5.41) is 7.79. The van der Waals surface area contributed by atoms with Gasteiger partial charge in [-0.2, -0.15) is 0 Å². The van der Waals surface area contributed by atoms with Gasteiger partial charge in [0.15, 0.2) is 23.1 Å². The van der Waals surface area contributed by atoms with Crippen molar-refractivity contribution in [3.8, 4) is 11.4 Å². The first kappa shape index (κ1) is 10.6. The molecule has 5 nitrogen and oxygen atoms in total. The van der Waals surface area contributed by atoms with Gasteiger partial charge in [-0.3, -0.25) is 4.40 Å². The first-order chi connectivity index (χ1) is 8.66. The van der Waals surface area contributed by atoms with Crippen LogP contribution in [0.3, 0.4) is 0 Å².